The monoisotopic (exact) mass is 279 g/mol. The number of benzene rings is 1. The fourth-order valence-electron chi connectivity index (χ4n) is 1.95. The predicted octanol–water partition coefficient (Wildman–Crippen LogP) is 0.376. The summed E-state index contributed by atoms with van der Waals surface area (Å²) >= 11 is 0. The van der Waals surface area contributed by atoms with E-state index in [2.05, 4.69) is 9.98 Å². The normalized spacial score (nSPS) is 25.4. The maximum Gasteiger partial charge on any atom is 0.316 e. The molecular formula is C12H14FN5O2. The molecular weight excluding hydrogens is 265 g/mol. The van der Waals surface area contributed by atoms with Crippen LogP contribution in [0.5, 0.6) is 0 Å². The van der Waals surface area contributed by atoms with Gasteiger partial charge in [0.1, 0.15) is 5.82 Å². The van der Waals surface area contributed by atoms with Gasteiger partial charge in [-0.2, -0.15) is 0 Å². The highest BCUT2D eigenvalue weighted by Crippen LogP contribution is 2.21. The lowest BCUT2D eigenvalue weighted by atomic mass is 9.90. The molecule has 2 rings (SSSR count). The van der Waals surface area contributed by atoms with Gasteiger partial charge in [0, 0.05) is 4.92 Å². The van der Waals surface area contributed by atoms with Crippen molar-refractivity contribution in [3.63, 3.8) is 0 Å². The summed E-state index contributed by atoms with van der Waals surface area (Å²) in [6.07, 6.45) is 0.0124. The topological polar surface area (TPSA) is 120 Å². The Balaban J connectivity index is 2.40. The van der Waals surface area contributed by atoms with Gasteiger partial charge in [0.2, 0.25) is 0 Å². The number of hydrogen-bond acceptors (Lipinski definition) is 6. The molecule has 0 aliphatic carbocycles. The van der Waals surface area contributed by atoms with Crippen LogP contribution < -0.4 is 11.5 Å². The minimum absolute atomic E-state index is 0.136. The summed E-state index contributed by atoms with van der Waals surface area (Å²) in [5.41, 5.74) is 10.2. The van der Waals surface area contributed by atoms with E-state index < -0.39 is 22.6 Å². The zero-order valence-corrected chi connectivity index (χ0v) is 10.8. The van der Waals surface area contributed by atoms with Gasteiger partial charge < -0.3 is 5.73 Å². The van der Waals surface area contributed by atoms with Gasteiger partial charge in [0.25, 0.3) is 0 Å². The van der Waals surface area contributed by atoms with Gasteiger partial charge in [0.05, 0.1) is 12.6 Å². The van der Waals surface area contributed by atoms with E-state index in [1.165, 1.54) is 6.07 Å². The number of amidine groups is 1. The summed E-state index contributed by atoms with van der Waals surface area (Å²) in [7, 11) is 0. The zero-order chi connectivity index (χ0) is 14.9. The molecule has 2 unspecified atom stereocenters. The summed E-state index contributed by atoms with van der Waals surface area (Å²) < 4.78 is 13.5. The van der Waals surface area contributed by atoms with Crippen LogP contribution in [0.4, 0.5) is 4.39 Å². The van der Waals surface area contributed by atoms with E-state index in [9.17, 15) is 14.5 Å². The van der Waals surface area contributed by atoms with E-state index >= 15 is 0 Å². The summed E-state index contributed by atoms with van der Waals surface area (Å²) in [5, 5.41) is 11.4. The Morgan fingerprint density at radius 2 is 2.25 bits per heavy atom. The van der Waals surface area contributed by atoms with Gasteiger partial charge >= 0.3 is 5.54 Å². The molecule has 7 nitrogen and oxygen atoms in total. The average Bonchev–Trinajstić information content (AvgIpc) is 2.37. The first-order valence-electron chi connectivity index (χ1n) is 5.88. The molecule has 1 aromatic carbocycles. The number of nitrogens with two attached hydrogens (primary N) is 2. The van der Waals surface area contributed by atoms with Crippen molar-refractivity contribution in [2.45, 2.75) is 25.2 Å². The molecule has 0 bridgehead atoms. The third kappa shape index (κ3) is 2.37. The Hall–Kier alpha value is -2.35. The first kappa shape index (κ1) is 14.1. The Morgan fingerprint density at radius 3 is 2.80 bits per heavy atom. The molecule has 0 radical (unpaired) electrons. The molecule has 0 fully saturated rings. The third-order valence-corrected chi connectivity index (χ3v) is 3.19. The van der Waals surface area contributed by atoms with Crippen LogP contribution in [-0.4, -0.2) is 28.8 Å². The number of rotatable bonds is 3. The first-order valence-corrected chi connectivity index (χ1v) is 5.88. The maximum absolute atomic E-state index is 13.5. The molecule has 4 N–H and O–H groups in total. The first-order chi connectivity index (χ1) is 9.35. The number of aliphatic imine (C=N–C) groups is 2. The van der Waals surface area contributed by atoms with Crippen LogP contribution in [0, 0.1) is 22.9 Å². The molecule has 1 aliphatic rings. The lowest BCUT2D eigenvalue weighted by molar-refractivity contribution is -0.524. The average molecular weight is 279 g/mol. The highest BCUT2D eigenvalue weighted by Gasteiger charge is 2.48. The van der Waals surface area contributed by atoms with Crippen LogP contribution in [0.3, 0.4) is 0 Å². The molecule has 8 heteroatoms. The van der Waals surface area contributed by atoms with Crippen molar-refractivity contribution >= 4 is 12.1 Å². The molecule has 0 saturated heterocycles. The van der Waals surface area contributed by atoms with Gasteiger partial charge in [0.15, 0.2) is 12.1 Å². The molecule has 1 aromatic rings. The van der Waals surface area contributed by atoms with Gasteiger partial charge in [-0.05, 0) is 24.1 Å². The minimum Gasteiger partial charge on any atom is -0.381 e. The lowest BCUT2D eigenvalue weighted by Gasteiger charge is -2.24. The quantitative estimate of drug-likeness (QED) is 0.613. The summed E-state index contributed by atoms with van der Waals surface area (Å²) in [6.45, 7) is 1.61. The SMILES string of the molecule is Cc1ccc(CC2([N+](=O)[O-])C=NC(N)N=C2N)cc1F. The smallest absolute Gasteiger partial charge is 0.316 e. The molecule has 20 heavy (non-hydrogen) atoms. The van der Waals surface area contributed by atoms with Crippen molar-refractivity contribution in [3.8, 4) is 0 Å². The largest absolute Gasteiger partial charge is 0.381 e. The molecule has 0 spiro atoms. The van der Waals surface area contributed by atoms with Gasteiger partial charge in [-0.15, -0.1) is 0 Å². The summed E-state index contributed by atoms with van der Waals surface area (Å²) in [6, 6.07) is 4.41. The minimum atomic E-state index is -1.78. The zero-order valence-electron chi connectivity index (χ0n) is 10.8. The Bertz CT molecular complexity index is 616. The molecule has 1 aliphatic heterocycles. The van der Waals surface area contributed by atoms with Crippen LogP contribution >= 0.6 is 0 Å². The third-order valence-electron chi connectivity index (χ3n) is 3.19. The second-order valence-corrected chi connectivity index (χ2v) is 4.65. The number of nitrogens with zero attached hydrogens (tertiary/aromatic N) is 3. The van der Waals surface area contributed by atoms with Gasteiger partial charge in [-0.1, -0.05) is 12.1 Å². The fraction of sp³-hybridized carbons (Fsp3) is 0.333. The van der Waals surface area contributed by atoms with Crippen LogP contribution in [0.2, 0.25) is 0 Å². The Morgan fingerprint density at radius 1 is 1.55 bits per heavy atom. The highest BCUT2D eigenvalue weighted by atomic mass is 19.1. The second-order valence-electron chi connectivity index (χ2n) is 4.65. The standard InChI is InChI=1S/C12H14FN5O2/c1-7-2-3-8(4-9(7)13)5-12(18(19)20)6-16-11(15)17-10(12)14/h2-4,6,11H,5,15H2,1H3,(H2,14,17). The number of hydrogen-bond donors (Lipinski definition) is 2. The van der Waals surface area contributed by atoms with Crippen molar-refractivity contribution in [3.05, 3.63) is 45.3 Å². The number of nitro groups is 1. The lowest BCUT2D eigenvalue weighted by Crippen LogP contribution is -2.56. The Labute approximate surface area is 114 Å². The van der Waals surface area contributed by atoms with E-state index in [1.807, 2.05) is 0 Å². The molecule has 0 saturated carbocycles. The van der Waals surface area contributed by atoms with Crippen molar-refractivity contribution in [2.75, 3.05) is 0 Å². The second kappa shape index (κ2) is 4.97. The fourth-order valence-corrected chi connectivity index (χ4v) is 1.95. The van der Waals surface area contributed by atoms with E-state index in [0.717, 1.165) is 6.21 Å². The van der Waals surface area contributed by atoms with Gasteiger partial charge in [-0.3, -0.25) is 15.8 Å². The molecule has 1 heterocycles. The predicted molar refractivity (Wildman–Crippen MR) is 72.7 cm³/mol. The molecule has 2 atom stereocenters. The molecule has 0 aromatic heterocycles. The number of aryl methyl sites for hydroxylation is 1. The van der Waals surface area contributed by atoms with Crippen molar-refractivity contribution in [1.82, 2.24) is 0 Å². The van der Waals surface area contributed by atoms with Crippen molar-refractivity contribution in [1.29, 1.82) is 0 Å². The van der Waals surface area contributed by atoms with E-state index in [1.54, 1.807) is 19.1 Å². The molecule has 0 amide bonds. The van der Waals surface area contributed by atoms with E-state index in [-0.39, 0.29) is 12.3 Å². The van der Waals surface area contributed by atoms with Crippen molar-refractivity contribution in [2.24, 2.45) is 21.5 Å². The number of halogens is 1. The van der Waals surface area contributed by atoms with Crippen LogP contribution in [0.25, 0.3) is 0 Å². The van der Waals surface area contributed by atoms with Crippen molar-refractivity contribution < 1.29 is 9.31 Å². The summed E-state index contributed by atoms with van der Waals surface area (Å²) in [4.78, 5) is 18.3. The van der Waals surface area contributed by atoms with Crippen LogP contribution in [0.15, 0.2) is 28.2 Å². The van der Waals surface area contributed by atoms with Gasteiger partial charge in [-0.25, -0.2) is 14.4 Å². The Kier molecular flexibility index (Phi) is 3.49. The van der Waals surface area contributed by atoms with E-state index in [4.69, 9.17) is 11.5 Å². The van der Waals surface area contributed by atoms with Crippen LogP contribution in [0.1, 0.15) is 11.1 Å². The summed E-state index contributed by atoms with van der Waals surface area (Å²) in [5.74, 6) is -0.660. The maximum atomic E-state index is 13.5. The highest BCUT2D eigenvalue weighted by molar-refractivity contribution is 6.05. The molecule has 106 valence electrons. The van der Waals surface area contributed by atoms with E-state index in [0.29, 0.717) is 11.1 Å². The van der Waals surface area contributed by atoms with Crippen LogP contribution in [-0.2, 0) is 6.42 Å².